The average molecular weight is 268 g/mol. The lowest BCUT2D eigenvalue weighted by molar-refractivity contribution is 0.509. The second kappa shape index (κ2) is 6.02. The zero-order chi connectivity index (χ0) is 13.0. The van der Waals surface area contributed by atoms with E-state index in [1.54, 1.807) is 12.4 Å². The quantitative estimate of drug-likeness (QED) is 0.845. The fraction of sp³-hybridized carbons (Fsp3) is 0.500. The maximum atomic E-state index is 6.26. The molecule has 0 amide bonds. The van der Waals surface area contributed by atoms with E-state index in [9.17, 15) is 0 Å². The van der Waals surface area contributed by atoms with E-state index in [1.165, 1.54) is 0 Å². The van der Waals surface area contributed by atoms with E-state index >= 15 is 0 Å². The summed E-state index contributed by atoms with van der Waals surface area (Å²) in [5.41, 5.74) is 0.968. The van der Waals surface area contributed by atoms with Crippen LogP contribution in [0.25, 0.3) is 0 Å². The Labute approximate surface area is 112 Å². The summed E-state index contributed by atoms with van der Waals surface area (Å²) in [6.07, 6.45) is 6.27. The van der Waals surface area contributed by atoms with Gasteiger partial charge in [-0.1, -0.05) is 25.4 Å². The number of hydrogen-bond acceptors (Lipinski definition) is 3. The number of rotatable bonds is 6. The van der Waals surface area contributed by atoms with Crippen molar-refractivity contribution in [3.05, 3.63) is 35.1 Å². The van der Waals surface area contributed by atoms with Crippen LogP contribution in [-0.4, -0.2) is 26.3 Å². The van der Waals surface area contributed by atoms with Crippen LogP contribution in [0.3, 0.4) is 0 Å². The predicted molar refractivity (Wildman–Crippen MR) is 71.6 cm³/mol. The van der Waals surface area contributed by atoms with Gasteiger partial charge in [-0.05, 0) is 13.0 Å². The minimum absolute atomic E-state index is 0.0495. The van der Waals surface area contributed by atoms with Crippen LogP contribution < -0.4 is 5.32 Å². The highest BCUT2D eigenvalue weighted by Crippen LogP contribution is 2.26. The zero-order valence-corrected chi connectivity index (χ0v) is 11.4. The van der Waals surface area contributed by atoms with Crippen LogP contribution in [0.1, 0.15) is 37.8 Å². The first-order chi connectivity index (χ1) is 8.77. The number of hydrogen-bond donors (Lipinski definition) is 2. The van der Waals surface area contributed by atoms with Crippen LogP contribution in [0.5, 0.6) is 0 Å². The fourth-order valence-electron chi connectivity index (χ4n) is 2.01. The zero-order valence-electron chi connectivity index (χ0n) is 10.7. The van der Waals surface area contributed by atoms with Gasteiger partial charge in [0.2, 0.25) is 0 Å². The van der Waals surface area contributed by atoms with Gasteiger partial charge in [0.1, 0.15) is 11.9 Å². The Balaban J connectivity index is 2.39. The van der Waals surface area contributed by atoms with Crippen LogP contribution in [0.2, 0.25) is 5.02 Å². The lowest BCUT2D eigenvalue weighted by Gasteiger charge is -2.18. The second-order valence-electron chi connectivity index (χ2n) is 4.07. The van der Waals surface area contributed by atoms with Crippen molar-refractivity contribution in [3.8, 4) is 0 Å². The highest BCUT2D eigenvalue weighted by Gasteiger charge is 2.22. The Bertz CT molecular complexity index is 477. The van der Waals surface area contributed by atoms with Crippen molar-refractivity contribution in [2.75, 3.05) is 6.54 Å². The third-order valence-electron chi connectivity index (χ3n) is 2.74. The largest absolute Gasteiger partial charge is 0.347 e. The van der Waals surface area contributed by atoms with Gasteiger partial charge in [-0.2, -0.15) is 5.10 Å². The van der Waals surface area contributed by atoms with Gasteiger partial charge in [0.25, 0.3) is 0 Å². The van der Waals surface area contributed by atoms with Crippen LogP contribution in [0, 0.1) is 0 Å². The van der Waals surface area contributed by atoms with Crippen molar-refractivity contribution in [2.24, 2.45) is 0 Å². The molecule has 2 heterocycles. The number of nitrogens with one attached hydrogen (secondary N) is 2. The Kier molecular flexibility index (Phi) is 4.38. The number of halogens is 1. The summed E-state index contributed by atoms with van der Waals surface area (Å²) in [5.74, 6) is 0.858. The molecule has 0 aliphatic heterocycles. The molecule has 18 heavy (non-hydrogen) atoms. The average Bonchev–Trinajstić information content (AvgIpc) is 2.98. The summed E-state index contributed by atoms with van der Waals surface area (Å²) in [7, 11) is 0. The minimum atomic E-state index is -0.0495. The first kappa shape index (κ1) is 13.1. The number of aryl methyl sites for hydroxylation is 1. The number of imidazole rings is 1. The SMILES string of the molecule is CCCn1ncc(Cl)c1C(NCC)c1ncc[nH]1. The summed E-state index contributed by atoms with van der Waals surface area (Å²) < 4.78 is 1.94. The monoisotopic (exact) mass is 267 g/mol. The molecule has 98 valence electrons. The fourth-order valence-corrected chi connectivity index (χ4v) is 2.26. The molecule has 1 atom stereocenters. The van der Waals surface area contributed by atoms with Crippen molar-refractivity contribution in [3.63, 3.8) is 0 Å². The van der Waals surface area contributed by atoms with E-state index in [1.807, 2.05) is 10.9 Å². The van der Waals surface area contributed by atoms with Crippen molar-refractivity contribution in [1.29, 1.82) is 0 Å². The molecule has 0 saturated heterocycles. The predicted octanol–water partition coefficient (Wildman–Crippen LogP) is 2.37. The number of H-pyrrole nitrogens is 1. The van der Waals surface area contributed by atoms with E-state index in [2.05, 4.69) is 34.2 Å². The Morgan fingerprint density at radius 3 is 2.94 bits per heavy atom. The van der Waals surface area contributed by atoms with Gasteiger partial charge in [0.05, 0.1) is 16.9 Å². The molecule has 2 rings (SSSR count). The van der Waals surface area contributed by atoms with E-state index in [0.717, 1.165) is 31.0 Å². The highest BCUT2D eigenvalue weighted by atomic mass is 35.5. The van der Waals surface area contributed by atoms with Crippen molar-refractivity contribution in [2.45, 2.75) is 32.9 Å². The topological polar surface area (TPSA) is 58.5 Å². The third kappa shape index (κ3) is 2.57. The summed E-state index contributed by atoms with van der Waals surface area (Å²) >= 11 is 6.26. The van der Waals surface area contributed by atoms with Gasteiger partial charge >= 0.3 is 0 Å². The molecule has 0 radical (unpaired) electrons. The second-order valence-corrected chi connectivity index (χ2v) is 4.47. The normalized spacial score (nSPS) is 12.8. The van der Waals surface area contributed by atoms with Gasteiger partial charge in [0, 0.05) is 18.9 Å². The molecule has 0 aromatic carbocycles. The van der Waals surface area contributed by atoms with Crippen LogP contribution in [-0.2, 0) is 6.54 Å². The number of aromatic nitrogens is 4. The third-order valence-corrected chi connectivity index (χ3v) is 3.03. The van der Waals surface area contributed by atoms with Crippen molar-refractivity contribution in [1.82, 2.24) is 25.1 Å². The molecule has 0 spiro atoms. The van der Waals surface area contributed by atoms with Crippen LogP contribution in [0.4, 0.5) is 0 Å². The molecule has 0 saturated carbocycles. The van der Waals surface area contributed by atoms with Gasteiger partial charge < -0.3 is 10.3 Å². The van der Waals surface area contributed by atoms with E-state index in [0.29, 0.717) is 5.02 Å². The number of aromatic amines is 1. The van der Waals surface area contributed by atoms with Crippen molar-refractivity contribution < 1.29 is 0 Å². The molecule has 5 nitrogen and oxygen atoms in total. The summed E-state index contributed by atoms with van der Waals surface area (Å²) in [6.45, 7) is 5.86. The standard InChI is InChI=1S/C12H18ClN5/c1-3-7-18-11(9(13)8-17-18)10(14-4-2)12-15-5-6-16-12/h5-6,8,10,14H,3-4,7H2,1-2H3,(H,15,16). The molecule has 0 fully saturated rings. The first-order valence-corrected chi connectivity index (χ1v) is 6.59. The van der Waals surface area contributed by atoms with Crippen molar-refractivity contribution >= 4 is 11.6 Å². The van der Waals surface area contributed by atoms with Gasteiger partial charge in [-0.25, -0.2) is 4.98 Å². The molecule has 0 aliphatic carbocycles. The van der Waals surface area contributed by atoms with Gasteiger partial charge in [-0.3, -0.25) is 4.68 Å². The Morgan fingerprint density at radius 2 is 2.33 bits per heavy atom. The van der Waals surface area contributed by atoms with Gasteiger partial charge in [0.15, 0.2) is 0 Å². The molecule has 0 bridgehead atoms. The Morgan fingerprint density at radius 1 is 1.50 bits per heavy atom. The van der Waals surface area contributed by atoms with E-state index < -0.39 is 0 Å². The molecule has 2 aromatic rings. The summed E-state index contributed by atoms with van der Waals surface area (Å²) in [5, 5.41) is 8.38. The molecule has 0 aliphatic rings. The summed E-state index contributed by atoms with van der Waals surface area (Å²) in [6, 6.07) is -0.0495. The molecule has 1 unspecified atom stereocenters. The maximum absolute atomic E-state index is 6.26. The highest BCUT2D eigenvalue weighted by molar-refractivity contribution is 6.31. The van der Waals surface area contributed by atoms with E-state index in [4.69, 9.17) is 11.6 Å². The first-order valence-electron chi connectivity index (χ1n) is 6.21. The minimum Gasteiger partial charge on any atom is -0.347 e. The molecule has 2 N–H and O–H groups in total. The lowest BCUT2D eigenvalue weighted by Crippen LogP contribution is -2.26. The number of nitrogens with zero attached hydrogens (tertiary/aromatic N) is 3. The van der Waals surface area contributed by atoms with Crippen LogP contribution >= 0.6 is 11.6 Å². The van der Waals surface area contributed by atoms with Crippen LogP contribution in [0.15, 0.2) is 18.6 Å². The van der Waals surface area contributed by atoms with Gasteiger partial charge in [-0.15, -0.1) is 0 Å². The molecular weight excluding hydrogens is 250 g/mol. The van der Waals surface area contributed by atoms with E-state index in [-0.39, 0.29) is 6.04 Å². The molecular formula is C12H18ClN5. The molecule has 2 aromatic heterocycles. The maximum Gasteiger partial charge on any atom is 0.129 e. The molecule has 6 heteroatoms. The Hall–Kier alpha value is -1.33. The summed E-state index contributed by atoms with van der Waals surface area (Å²) in [4.78, 5) is 7.45. The smallest absolute Gasteiger partial charge is 0.129 e. The lowest BCUT2D eigenvalue weighted by atomic mass is 10.2.